The van der Waals surface area contributed by atoms with E-state index in [1.165, 1.54) is 10.4 Å². The van der Waals surface area contributed by atoms with Gasteiger partial charge in [0, 0.05) is 24.3 Å². The van der Waals surface area contributed by atoms with Gasteiger partial charge >= 0.3 is 0 Å². The highest BCUT2D eigenvalue weighted by Crippen LogP contribution is 2.41. The summed E-state index contributed by atoms with van der Waals surface area (Å²) in [6, 6.07) is 9.83. The molecule has 0 bridgehead atoms. The number of carbonyl (C=O) groups excluding carboxylic acids is 1. The molecule has 2 aromatic heterocycles. The molecule has 2 heterocycles. The SMILES string of the molecule is CC(C)(C)[C@H]1CCc2c(sc3nc(CCC(=O)NCc4ccccc4)[nH]c(=O)c23)C1. The molecule has 0 saturated heterocycles. The lowest BCUT2D eigenvalue weighted by atomic mass is 9.72. The van der Waals surface area contributed by atoms with Crippen LogP contribution in [0.3, 0.4) is 0 Å². The maximum atomic E-state index is 12.8. The van der Waals surface area contributed by atoms with Gasteiger partial charge in [0.05, 0.1) is 5.39 Å². The van der Waals surface area contributed by atoms with E-state index in [0.29, 0.717) is 31.1 Å². The van der Waals surface area contributed by atoms with Crippen LogP contribution in [0, 0.1) is 11.3 Å². The van der Waals surface area contributed by atoms with Crippen molar-refractivity contribution in [2.75, 3.05) is 0 Å². The van der Waals surface area contributed by atoms with Crippen LogP contribution in [-0.2, 0) is 30.6 Å². The van der Waals surface area contributed by atoms with Gasteiger partial charge in [-0.2, -0.15) is 0 Å². The number of nitrogens with zero attached hydrogens (tertiary/aromatic N) is 1. The third-order valence-corrected chi connectivity index (χ3v) is 7.26. The molecule has 158 valence electrons. The third kappa shape index (κ3) is 4.48. The van der Waals surface area contributed by atoms with E-state index < -0.39 is 0 Å². The average Bonchev–Trinajstić information content (AvgIpc) is 3.09. The standard InChI is InChI=1S/C24H29N3O2S/c1-24(2,3)16-9-10-17-18(13-16)30-23-21(17)22(29)26-19(27-23)11-12-20(28)25-14-15-7-5-4-6-8-15/h4-8,16H,9-14H2,1-3H3,(H,25,28)(H,26,27,29)/t16-/m0/s1. The molecule has 6 heteroatoms. The quantitative estimate of drug-likeness (QED) is 0.639. The van der Waals surface area contributed by atoms with E-state index in [0.717, 1.165) is 35.0 Å². The topological polar surface area (TPSA) is 74.8 Å². The number of fused-ring (bicyclic) bond motifs is 3. The monoisotopic (exact) mass is 423 g/mol. The summed E-state index contributed by atoms with van der Waals surface area (Å²) in [5.74, 6) is 1.18. The smallest absolute Gasteiger partial charge is 0.259 e. The number of hydrogen-bond acceptors (Lipinski definition) is 4. The molecule has 1 amide bonds. The first-order valence-electron chi connectivity index (χ1n) is 10.7. The second-order valence-electron chi connectivity index (χ2n) is 9.26. The lowest BCUT2D eigenvalue weighted by Gasteiger charge is -2.33. The van der Waals surface area contributed by atoms with Gasteiger partial charge in [0.1, 0.15) is 10.7 Å². The van der Waals surface area contributed by atoms with Crippen molar-refractivity contribution in [3.63, 3.8) is 0 Å². The Labute approximate surface area is 180 Å². The van der Waals surface area contributed by atoms with E-state index >= 15 is 0 Å². The van der Waals surface area contributed by atoms with Gasteiger partial charge in [-0.15, -0.1) is 11.3 Å². The number of rotatable bonds is 5. The molecule has 0 spiro atoms. The Balaban J connectivity index is 1.45. The zero-order valence-electron chi connectivity index (χ0n) is 17.9. The zero-order valence-corrected chi connectivity index (χ0v) is 18.7. The minimum absolute atomic E-state index is 0.0416. The van der Waals surface area contributed by atoms with Gasteiger partial charge in [-0.3, -0.25) is 9.59 Å². The molecule has 0 aliphatic heterocycles. The van der Waals surface area contributed by atoms with Crippen LogP contribution in [0.2, 0.25) is 0 Å². The molecule has 5 nitrogen and oxygen atoms in total. The van der Waals surface area contributed by atoms with Crippen molar-refractivity contribution in [2.24, 2.45) is 11.3 Å². The molecular weight excluding hydrogens is 394 g/mol. The lowest BCUT2D eigenvalue weighted by molar-refractivity contribution is -0.121. The second-order valence-corrected chi connectivity index (χ2v) is 10.3. The molecule has 1 aliphatic rings. The lowest BCUT2D eigenvalue weighted by Crippen LogP contribution is -2.26. The molecule has 0 fully saturated rings. The van der Waals surface area contributed by atoms with Crippen LogP contribution >= 0.6 is 11.3 Å². The van der Waals surface area contributed by atoms with Crippen LogP contribution < -0.4 is 10.9 Å². The summed E-state index contributed by atoms with van der Waals surface area (Å²) in [5, 5.41) is 3.69. The predicted molar refractivity (Wildman–Crippen MR) is 122 cm³/mol. The number of carbonyl (C=O) groups is 1. The first-order valence-corrected chi connectivity index (χ1v) is 11.5. The maximum Gasteiger partial charge on any atom is 0.259 e. The molecule has 0 saturated carbocycles. The summed E-state index contributed by atoms with van der Waals surface area (Å²) in [6.07, 6.45) is 3.82. The Morgan fingerprint density at radius 2 is 2.03 bits per heavy atom. The molecule has 30 heavy (non-hydrogen) atoms. The average molecular weight is 424 g/mol. The van der Waals surface area contributed by atoms with Crippen molar-refractivity contribution in [1.29, 1.82) is 0 Å². The zero-order chi connectivity index (χ0) is 21.3. The first kappa shape index (κ1) is 20.8. The number of amides is 1. The number of aromatic nitrogens is 2. The summed E-state index contributed by atoms with van der Waals surface area (Å²) in [4.78, 5) is 34.7. The highest BCUT2D eigenvalue weighted by molar-refractivity contribution is 7.18. The summed E-state index contributed by atoms with van der Waals surface area (Å²) >= 11 is 1.66. The van der Waals surface area contributed by atoms with Gasteiger partial charge < -0.3 is 10.3 Å². The first-order chi connectivity index (χ1) is 14.3. The molecule has 3 aromatic rings. The fourth-order valence-electron chi connectivity index (χ4n) is 4.20. The molecule has 1 aliphatic carbocycles. The second kappa shape index (κ2) is 8.34. The number of hydrogen-bond donors (Lipinski definition) is 2. The highest BCUT2D eigenvalue weighted by atomic mass is 32.1. The van der Waals surface area contributed by atoms with Crippen LogP contribution in [0.25, 0.3) is 10.2 Å². The van der Waals surface area contributed by atoms with Gasteiger partial charge in [0.25, 0.3) is 5.56 Å². The fraction of sp³-hybridized carbons (Fsp3) is 0.458. The number of nitrogens with one attached hydrogen (secondary N) is 2. The number of aromatic amines is 1. The van der Waals surface area contributed by atoms with E-state index in [1.807, 2.05) is 30.3 Å². The van der Waals surface area contributed by atoms with Crippen molar-refractivity contribution in [3.05, 3.63) is 62.5 Å². The summed E-state index contributed by atoms with van der Waals surface area (Å²) in [6.45, 7) is 7.39. The normalized spacial score (nSPS) is 16.4. The summed E-state index contributed by atoms with van der Waals surface area (Å²) in [5.41, 5.74) is 2.46. The predicted octanol–water partition coefficient (Wildman–Crippen LogP) is 4.38. The summed E-state index contributed by atoms with van der Waals surface area (Å²) < 4.78 is 0. The van der Waals surface area contributed by atoms with Gasteiger partial charge in [-0.1, -0.05) is 51.1 Å². The minimum atomic E-state index is -0.0635. The van der Waals surface area contributed by atoms with Crippen LogP contribution in [-0.4, -0.2) is 15.9 Å². The molecule has 0 radical (unpaired) electrons. The molecule has 1 atom stereocenters. The number of aryl methyl sites for hydroxylation is 2. The van der Waals surface area contributed by atoms with Crippen molar-refractivity contribution >= 4 is 27.5 Å². The van der Waals surface area contributed by atoms with Crippen molar-refractivity contribution in [1.82, 2.24) is 15.3 Å². The van der Waals surface area contributed by atoms with E-state index in [-0.39, 0.29) is 16.9 Å². The number of thiophene rings is 1. The Morgan fingerprint density at radius 1 is 1.27 bits per heavy atom. The number of H-pyrrole nitrogens is 1. The van der Waals surface area contributed by atoms with Crippen molar-refractivity contribution in [3.8, 4) is 0 Å². The van der Waals surface area contributed by atoms with Gasteiger partial charge in [-0.05, 0) is 41.7 Å². The van der Waals surface area contributed by atoms with Crippen molar-refractivity contribution in [2.45, 2.75) is 59.4 Å². The van der Waals surface area contributed by atoms with E-state index in [2.05, 4.69) is 31.1 Å². The van der Waals surface area contributed by atoms with Crippen LogP contribution in [0.4, 0.5) is 0 Å². The fourth-order valence-corrected chi connectivity index (χ4v) is 5.52. The van der Waals surface area contributed by atoms with E-state index in [9.17, 15) is 9.59 Å². The number of benzene rings is 1. The Kier molecular flexibility index (Phi) is 5.78. The largest absolute Gasteiger partial charge is 0.352 e. The van der Waals surface area contributed by atoms with E-state index in [1.54, 1.807) is 11.3 Å². The van der Waals surface area contributed by atoms with Crippen molar-refractivity contribution < 1.29 is 4.79 Å². The Hall–Kier alpha value is -2.47. The van der Waals surface area contributed by atoms with Crippen LogP contribution in [0.15, 0.2) is 35.1 Å². The molecular formula is C24H29N3O2S. The van der Waals surface area contributed by atoms with E-state index in [4.69, 9.17) is 4.98 Å². The maximum absolute atomic E-state index is 12.8. The Morgan fingerprint density at radius 3 is 2.77 bits per heavy atom. The third-order valence-electron chi connectivity index (χ3n) is 6.11. The molecule has 2 N–H and O–H groups in total. The van der Waals surface area contributed by atoms with Gasteiger partial charge in [0.2, 0.25) is 5.91 Å². The van der Waals surface area contributed by atoms with Crippen LogP contribution in [0.1, 0.15) is 55.4 Å². The molecule has 1 aromatic carbocycles. The van der Waals surface area contributed by atoms with Crippen LogP contribution in [0.5, 0.6) is 0 Å². The minimum Gasteiger partial charge on any atom is -0.352 e. The summed E-state index contributed by atoms with van der Waals surface area (Å²) in [7, 11) is 0. The Bertz CT molecular complexity index is 1110. The van der Waals surface area contributed by atoms with Gasteiger partial charge in [-0.25, -0.2) is 4.98 Å². The van der Waals surface area contributed by atoms with Gasteiger partial charge in [0.15, 0.2) is 0 Å². The molecule has 4 rings (SSSR count). The molecule has 0 unspecified atom stereocenters. The highest BCUT2D eigenvalue weighted by Gasteiger charge is 2.31.